The summed E-state index contributed by atoms with van der Waals surface area (Å²) in [6, 6.07) is 67.7. The zero-order chi connectivity index (χ0) is 39.8. The molecule has 0 amide bonds. The van der Waals surface area contributed by atoms with Gasteiger partial charge in [0, 0.05) is 64.5 Å². The highest BCUT2D eigenvalue weighted by Crippen LogP contribution is 2.47. The predicted octanol–water partition coefficient (Wildman–Crippen LogP) is 14.6. The van der Waals surface area contributed by atoms with Gasteiger partial charge in [0.05, 0.1) is 38.0 Å². The smallest absolute Gasteiger partial charge is 0.164 e. The Labute approximate surface area is 352 Å². The van der Waals surface area contributed by atoms with Crippen molar-refractivity contribution in [3.63, 3.8) is 0 Å². The first-order chi connectivity index (χ1) is 30.2. The number of thiophene rings is 1. The Morgan fingerprint density at radius 2 is 0.984 bits per heavy atom. The molecule has 5 heterocycles. The summed E-state index contributed by atoms with van der Waals surface area (Å²) < 4.78 is 7.46. The molecule has 0 saturated heterocycles. The van der Waals surface area contributed by atoms with Gasteiger partial charge in [-0.25, -0.2) is 15.0 Å². The Hall–Kier alpha value is -7.93. The van der Waals surface area contributed by atoms with E-state index in [2.05, 4.69) is 161 Å². The summed E-state index contributed by atoms with van der Waals surface area (Å²) in [5.74, 6) is 1.92. The number of hydrogen-bond acceptors (Lipinski definition) is 4. The van der Waals surface area contributed by atoms with Crippen molar-refractivity contribution >= 4 is 102 Å². The maximum Gasteiger partial charge on any atom is 0.164 e. The van der Waals surface area contributed by atoms with E-state index in [-0.39, 0.29) is 0 Å². The number of aromatic nitrogens is 5. The lowest BCUT2D eigenvalue weighted by Crippen LogP contribution is -2.01. The Bertz CT molecular complexity index is 4050. The van der Waals surface area contributed by atoms with E-state index in [9.17, 15) is 0 Å². The van der Waals surface area contributed by atoms with Crippen LogP contribution in [0.25, 0.3) is 131 Å². The molecule has 0 aliphatic carbocycles. The topological polar surface area (TPSA) is 48.0 Å². The minimum atomic E-state index is 0.634. The van der Waals surface area contributed by atoms with Crippen molar-refractivity contribution in [3.8, 4) is 39.9 Å². The summed E-state index contributed by atoms with van der Waals surface area (Å²) in [4.78, 5) is 15.5. The minimum Gasteiger partial charge on any atom is -0.308 e. The van der Waals surface area contributed by atoms with Crippen LogP contribution in [0.1, 0.15) is 0 Å². The summed E-state index contributed by atoms with van der Waals surface area (Å²) in [6.07, 6.45) is 0. The summed E-state index contributed by atoms with van der Waals surface area (Å²) in [5.41, 5.74) is 9.95. The molecule has 14 rings (SSSR count). The van der Waals surface area contributed by atoms with Gasteiger partial charge in [0.25, 0.3) is 0 Å². The van der Waals surface area contributed by atoms with Crippen molar-refractivity contribution in [1.82, 2.24) is 23.9 Å². The van der Waals surface area contributed by atoms with Crippen LogP contribution in [0, 0.1) is 0 Å². The van der Waals surface area contributed by atoms with Gasteiger partial charge in [-0.15, -0.1) is 11.3 Å². The number of rotatable bonds is 4. The molecule has 0 unspecified atom stereocenters. The van der Waals surface area contributed by atoms with Crippen molar-refractivity contribution in [1.29, 1.82) is 0 Å². The molecule has 5 nitrogen and oxygen atoms in total. The number of para-hydroxylation sites is 2. The molecule has 0 atom stereocenters. The fourth-order valence-electron chi connectivity index (χ4n) is 10.0. The second-order valence-corrected chi connectivity index (χ2v) is 17.0. The van der Waals surface area contributed by atoms with Gasteiger partial charge in [-0.2, -0.15) is 0 Å². The molecule has 0 saturated carbocycles. The van der Waals surface area contributed by atoms with Gasteiger partial charge in [-0.3, -0.25) is 0 Å². The maximum absolute atomic E-state index is 5.24. The third-order valence-corrected chi connectivity index (χ3v) is 13.9. The summed E-state index contributed by atoms with van der Waals surface area (Å²) in [6.45, 7) is 0. The average Bonchev–Trinajstić information content (AvgIpc) is 4.07. The molecule has 9 aromatic carbocycles. The summed E-state index contributed by atoms with van der Waals surface area (Å²) in [7, 11) is 0. The van der Waals surface area contributed by atoms with E-state index in [0.29, 0.717) is 17.5 Å². The minimum absolute atomic E-state index is 0.634. The van der Waals surface area contributed by atoms with Gasteiger partial charge in [-0.05, 0) is 53.2 Å². The van der Waals surface area contributed by atoms with Crippen molar-refractivity contribution < 1.29 is 0 Å². The van der Waals surface area contributed by atoms with Gasteiger partial charge >= 0.3 is 0 Å². The van der Waals surface area contributed by atoms with E-state index in [1.807, 2.05) is 47.7 Å². The molecule has 14 aromatic rings. The normalized spacial score (nSPS) is 12.3. The molecule has 0 fully saturated rings. The van der Waals surface area contributed by atoms with Gasteiger partial charge in [0.2, 0.25) is 0 Å². The largest absolute Gasteiger partial charge is 0.308 e. The lowest BCUT2D eigenvalue weighted by Gasteiger charge is -2.13. The lowest BCUT2D eigenvalue weighted by molar-refractivity contribution is 1.07. The molecule has 0 bridgehead atoms. The van der Waals surface area contributed by atoms with Gasteiger partial charge < -0.3 is 8.97 Å². The van der Waals surface area contributed by atoms with E-state index < -0.39 is 0 Å². The van der Waals surface area contributed by atoms with Crippen LogP contribution in [0.3, 0.4) is 0 Å². The van der Waals surface area contributed by atoms with Crippen LogP contribution in [0.4, 0.5) is 0 Å². The van der Waals surface area contributed by atoms with Crippen LogP contribution < -0.4 is 0 Å². The molecule has 6 heteroatoms. The molecule has 5 aromatic heterocycles. The van der Waals surface area contributed by atoms with E-state index in [1.165, 1.54) is 79.8 Å². The van der Waals surface area contributed by atoms with Crippen LogP contribution in [-0.4, -0.2) is 23.9 Å². The van der Waals surface area contributed by atoms with Crippen molar-refractivity contribution in [2.75, 3.05) is 0 Å². The van der Waals surface area contributed by atoms with Gasteiger partial charge in [0.15, 0.2) is 17.5 Å². The third kappa shape index (κ3) is 4.62. The Kier molecular flexibility index (Phi) is 6.65. The molecule has 282 valence electrons. The van der Waals surface area contributed by atoms with E-state index in [0.717, 1.165) is 33.4 Å². The molecule has 0 N–H and O–H groups in total. The third-order valence-electron chi connectivity index (χ3n) is 12.7. The van der Waals surface area contributed by atoms with E-state index in [4.69, 9.17) is 15.0 Å². The first kappa shape index (κ1) is 33.0. The van der Waals surface area contributed by atoms with Crippen molar-refractivity contribution in [2.45, 2.75) is 0 Å². The van der Waals surface area contributed by atoms with Crippen molar-refractivity contribution in [2.24, 2.45) is 0 Å². The fraction of sp³-hybridized carbons (Fsp3) is 0. The van der Waals surface area contributed by atoms with Gasteiger partial charge in [0.1, 0.15) is 0 Å². The first-order valence-electron chi connectivity index (χ1n) is 20.6. The number of benzene rings is 9. The molecular formula is C55H31N5S. The number of nitrogens with zero attached hydrogens (tertiary/aromatic N) is 5. The zero-order valence-electron chi connectivity index (χ0n) is 32.5. The molecule has 0 aliphatic heterocycles. The average molecular weight is 794 g/mol. The van der Waals surface area contributed by atoms with Crippen LogP contribution in [0.5, 0.6) is 0 Å². The second-order valence-electron chi connectivity index (χ2n) is 16.0. The number of fused-ring (bicyclic) bond motifs is 14. The van der Waals surface area contributed by atoms with E-state index >= 15 is 0 Å². The first-order valence-corrected chi connectivity index (χ1v) is 21.4. The lowest BCUT2D eigenvalue weighted by atomic mass is 10.0. The van der Waals surface area contributed by atoms with E-state index in [1.54, 1.807) is 0 Å². The fourth-order valence-corrected chi connectivity index (χ4v) is 11.2. The Morgan fingerprint density at radius 1 is 0.361 bits per heavy atom. The predicted molar refractivity (Wildman–Crippen MR) is 256 cm³/mol. The highest BCUT2D eigenvalue weighted by molar-refractivity contribution is 7.26. The Morgan fingerprint density at radius 3 is 1.75 bits per heavy atom. The standard InChI is InChI=1S/C55H31N5S/c1-3-15-33(16-4-1)53-56-54(34-17-5-2-6-18-34)58-55(57-53)35-28-42-38-21-10-12-25-49(38)61-52(42)48(29-35)59-45-27-26-32-14-7-8-19-36(32)50(45)43-30-41-40-23-13-22-39-37-20-9-11-24-44(37)60(51(39)40)46(41)31-47(43)59/h1-31H. The quantitative estimate of drug-likeness (QED) is 0.178. The SMILES string of the molecule is c1ccc(-c2nc(-c3ccccc3)nc(-c3cc(-n4c5cc6c(cc5c5c7ccccc7ccc54)c4cccc5c7ccccc7n6c54)c4sc5ccccc5c4c3)n2)cc1. The van der Waals surface area contributed by atoms with Crippen molar-refractivity contribution in [3.05, 3.63) is 188 Å². The Balaban J connectivity index is 1.15. The molecule has 0 radical (unpaired) electrons. The highest BCUT2D eigenvalue weighted by Gasteiger charge is 2.24. The van der Waals surface area contributed by atoms with Crippen LogP contribution in [0.2, 0.25) is 0 Å². The van der Waals surface area contributed by atoms with Crippen LogP contribution in [0.15, 0.2) is 188 Å². The highest BCUT2D eigenvalue weighted by atomic mass is 32.1. The molecule has 0 spiro atoms. The monoisotopic (exact) mass is 793 g/mol. The van der Waals surface area contributed by atoms with Gasteiger partial charge in [-0.1, -0.05) is 146 Å². The zero-order valence-corrected chi connectivity index (χ0v) is 33.4. The van der Waals surface area contributed by atoms with Crippen LogP contribution >= 0.6 is 11.3 Å². The maximum atomic E-state index is 5.24. The molecule has 61 heavy (non-hydrogen) atoms. The van der Waals surface area contributed by atoms with Crippen LogP contribution in [-0.2, 0) is 0 Å². The number of hydrogen-bond donors (Lipinski definition) is 0. The molecule has 0 aliphatic rings. The molecular weight excluding hydrogens is 763 g/mol. The second kappa shape index (κ2) is 12.3. The summed E-state index contributed by atoms with van der Waals surface area (Å²) in [5, 5.41) is 12.4. The summed E-state index contributed by atoms with van der Waals surface area (Å²) >= 11 is 1.85.